The molecule has 0 amide bonds. The molecule has 2 spiro atoms. The van der Waals surface area contributed by atoms with Crippen molar-refractivity contribution in [2.24, 2.45) is 0 Å². The number of furan rings is 1. The third-order valence-corrected chi connectivity index (χ3v) is 14.4. The zero-order chi connectivity index (χ0) is 38.6. The van der Waals surface area contributed by atoms with Gasteiger partial charge in [0, 0.05) is 27.6 Å². The predicted octanol–water partition coefficient (Wildman–Crippen LogP) is 13.3. The van der Waals surface area contributed by atoms with E-state index < -0.39 is 10.8 Å². The van der Waals surface area contributed by atoms with E-state index in [2.05, 4.69) is 170 Å². The van der Waals surface area contributed by atoms with Crippen molar-refractivity contribution < 1.29 is 9.21 Å². The second kappa shape index (κ2) is 11.0. The maximum atomic E-state index is 15.2. The lowest BCUT2D eigenvalue weighted by atomic mass is 9.70. The van der Waals surface area contributed by atoms with Crippen molar-refractivity contribution in [3.63, 3.8) is 0 Å². The van der Waals surface area contributed by atoms with Crippen molar-refractivity contribution >= 4 is 22.8 Å². The summed E-state index contributed by atoms with van der Waals surface area (Å²) >= 11 is 0. The van der Waals surface area contributed by atoms with Gasteiger partial charge in [0.05, 0.1) is 10.8 Å². The highest BCUT2D eigenvalue weighted by molar-refractivity contribution is 6.12. The topological polar surface area (TPSA) is 30.2 Å². The minimum Gasteiger partial charge on any atom is -0.456 e. The molecule has 0 fully saturated rings. The minimum atomic E-state index is -0.605. The molecule has 0 saturated carbocycles. The first-order valence-electron chi connectivity index (χ1n) is 20.8. The molecule has 8 aromatic carbocycles. The standard InChI is InChI=1S/C57H34O2/c58-54(33-25-27-39-37-15-3-9-21-46(37)56(50(39)31-33)44-19-7-1-13-35(44)36-14-2-8-20-45(36)56)34-26-28-40-38-16-4-10-22-47(38)57(51(40)32-34)48-23-11-5-18-43(48)53-49(57)30-29-42-41-17-6-12-24-52(41)59-55(42)53/h1-5,7-16,18-32H,6,17H2. The Labute approximate surface area is 341 Å². The number of carbonyl (C=O) groups is 1. The molecule has 1 heterocycles. The Kier molecular flexibility index (Phi) is 5.92. The molecule has 1 aromatic heterocycles. The molecule has 0 bridgehead atoms. The van der Waals surface area contributed by atoms with Crippen LogP contribution in [0.5, 0.6) is 0 Å². The summed E-state index contributed by atoms with van der Waals surface area (Å²) in [4.78, 5) is 15.2. The fourth-order valence-electron chi connectivity index (χ4n) is 12.2. The van der Waals surface area contributed by atoms with Gasteiger partial charge in [0.15, 0.2) is 5.78 Å². The zero-order valence-electron chi connectivity index (χ0n) is 32.1. The molecule has 2 heteroatoms. The van der Waals surface area contributed by atoms with Crippen molar-refractivity contribution in [3.05, 3.63) is 243 Å². The Hall–Kier alpha value is -7.29. The quantitative estimate of drug-likeness (QED) is 0.165. The Morgan fingerprint density at radius 2 is 0.881 bits per heavy atom. The number of rotatable bonds is 2. The number of carbonyl (C=O) groups excluding carboxylic acids is 1. The number of allylic oxidation sites excluding steroid dienone is 1. The Balaban J connectivity index is 0.986. The molecular formula is C57H34O2. The van der Waals surface area contributed by atoms with Crippen LogP contribution in [-0.2, 0) is 17.3 Å². The Bertz CT molecular complexity index is 3360. The largest absolute Gasteiger partial charge is 0.456 e. The maximum absolute atomic E-state index is 15.2. The molecule has 14 rings (SSSR count). The van der Waals surface area contributed by atoms with Gasteiger partial charge in [-0.25, -0.2) is 0 Å². The van der Waals surface area contributed by atoms with Crippen LogP contribution in [0.15, 0.2) is 180 Å². The van der Waals surface area contributed by atoms with Crippen LogP contribution in [0.3, 0.4) is 0 Å². The first kappa shape index (κ1) is 31.8. The highest BCUT2D eigenvalue weighted by Gasteiger charge is 2.54. The van der Waals surface area contributed by atoms with E-state index >= 15 is 4.79 Å². The summed E-state index contributed by atoms with van der Waals surface area (Å²) in [5.41, 5.74) is 22.0. The smallest absolute Gasteiger partial charge is 0.193 e. The average molecular weight is 751 g/mol. The van der Waals surface area contributed by atoms with Gasteiger partial charge in [0.2, 0.25) is 0 Å². The van der Waals surface area contributed by atoms with Crippen LogP contribution in [-0.4, -0.2) is 5.78 Å². The highest BCUT2D eigenvalue weighted by atomic mass is 16.3. The average Bonchev–Trinajstić information content (AvgIpc) is 4.07. The van der Waals surface area contributed by atoms with Crippen LogP contribution in [0.1, 0.15) is 78.2 Å². The fraction of sp³-hybridized carbons (Fsp3) is 0.0702. The van der Waals surface area contributed by atoms with Crippen LogP contribution < -0.4 is 0 Å². The van der Waals surface area contributed by atoms with Crippen molar-refractivity contribution in [2.45, 2.75) is 23.7 Å². The van der Waals surface area contributed by atoms with Gasteiger partial charge in [-0.3, -0.25) is 4.79 Å². The van der Waals surface area contributed by atoms with Crippen molar-refractivity contribution in [1.29, 1.82) is 0 Å². The number of hydrogen-bond acceptors (Lipinski definition) is 2. The highest BCUT2D eigenvalue weighted by Crippen LogP contribution is 2.65. The summed E-state index contributed by atoms with van der Waals surface area (Å²) in [5, 5.41) is 1.20. The lowest BCUT2D eigenvalue weighted by molar-refractivity contribution is 0.103. The van der Waals surface area contributed by atoms with Gasteiger partial charge >= 0.3 is 0 Å². The Morgan fingerprint density at radius 3 is 1.41 bits per heavy atom. The van der Waals surface area contributed by atoms with E-state index in [9.17, 15) is 0 Å². The molecule has 0 aliphatic heterocycles. The van der Waals surface area contributed by atoms with Gasteiger partial charge in [-0.15, -0.1) is 0 Å². The van der Waals surface area contributed by atoms with E-state index in [0.29, 0.717) is 11.1 Å². The van der Waals surface area contributed by atoms with E-state index in [1.165, 1.54) is 94.4 Å². The van der Waals surface area contributed by atoms with Crippen LogP contribution in [0.4, 0.5) is 0 Å². The predicted molar refractivity (Wildman–Crippen MR) is 236 cm³/mol. The number of benzene rings is 8. The van der Waals surface area contributed by atoms with Gasteiger partial charge in [0.1, 0.15) is 11.3 Å². The monoisotopic (exact) mass is 750 g/mol. The summed E-state index contributed by atoms with van der Waals surface area (Å²) in [6, 6.07) is 61.7. The van der Waals surface area contributed by atoms with E-state index in [0.717, 1.165) is 29.7 Å². The molecule has 2 nitrogen and oxygen atoms in total. The molecule has 0 radical (unpaired) electrons. The third kappa shape index (κ3) is 3.64. The molecule has 0 saturated heterocycles. The minimum absolute atomic E-state index is 0.0276. The number of fused-ring (bicyclic) bond motifs is 24. The van der Waals surface area contributed by atoms with Crippen LogP contribution in [0.2, 0.25) is 0 Å². The summed E-state index contributed by atoms with van der Waals surface area (Å²) in [5.74, 6) is 1.00. The normalized spacial score (nSPS) is 17.2. The third-order valence-electron chi connectivity index (χ3n) is 14.4. The molecule has 1 unspecified atom stereocenters. The van der Waals surface area contributed by atoms with E-state index in [1.54, 1.807) is 0 Å². The van der Waals surface area contributed by atoms with Gasteiger partial charge in [-0.05, 0) is 115 Å². The number of aryl methyl sites for hydroxylation is 1. The maximum Gasteiger partial charge on any atom is 0.193 e. The van der Waals surface area contributed by atoms with Crippen LogP contribution >= 0.6 is 0 Å². The van der Waals surface area contributed by atoms with Gasteiger partial charge in [0.25, 0.3) is 0 Å². The first-order valence-corrected chi connectivity index (χ1v) is 20.8. The van der Waals surface area contributed by atoms with E-state index in [-0.39, 0.29) is 5.78 Å². The SMILES string of the molecule is O=C(c1ccc2c(c1)C1(c3ccccc3-c3ccccc31)c1ccccc1-2)c1ccc2c(c1)C1(c3ccccc3-2)c2ccccc2-c2c1ccc1c3c(oc21)C=CCC3. The first-order chi connectivity index (χ1) is 29.2. The summed E-state index contributed by atoms with van der Waals surface area (Å²) < 4.78 is 6.79. The summed E-state index contributed by atoms with van der Waals surface area (Å²) in [6.07, 6.45) is 6.36. The second-order valence-electron chi connectivity index (χ2n) is 16.8. The van der Waals surface area contributed by atoms with Crippen molar-refractivity contribution in [2.75, 3.05) is 0 Å². The van der Waals surface area contributed by atoms with Crippen LogP contribution in [0, 0.1) is 0 Å². The summed E-state index contributed by atoms with van der Waals surface area (Å²) in [6.45, 7) is 0. The molecular weight excluding hydrogens is 717 g/mol. The van der Waals surface area contributed by atoms with Crippen molar-refractivity contribution in [1.82, 2.24) is 0 Å². The second-order valence-corrected chi connectivity index (χ2v) is 16.8. The lowest BCUT2D eigenvalue weighted by Gasteiger charge is -2.31. The number of hydrogen-bond donors (Lipinski definition) is 0. The Morgan fingerprint density at radius 1 is 0.441 bits per heavy atom. The molecule has 1 atom stereocenters. The lowest BCUT2D eigenvalue weighted by Crippen LogP contribution is -2.26. The molecule has 59 heavy (non-hydrogen) atoms. The zero-order valence-corrected chi connectivity index (χ0v) is 32.1. The number of ketones is 1. The van der Waals surface area contributed by atoms with Crippen molar-refractivity contribution in [3.8, 4) is 44.5 Å². The molecule has 5 aliphatic carbocycles. The van der Waals surface area contributed by atoms with Crippen LogP contribution in [0.25, 0.3) is 61.6 Å². The summed E-state index contributed by atoms with van der Waals surface area (Å²) in [7, 11) is 0. The van der Waals surface area contributed by atoms with E-state index in [4.69, 9.17) is 4.42 Å². The molecule has 9 aromatic rings. The molecule has 0 N–H and O–H groups in total. The fourth-order valence-corrected chi connectivity index (χ4v) is 12.2. The van der Waals surface area contributed by atoms with Gasteiger partial charge in [-0.1, -0.05) is 164 Å². The molecule has 5 aliphatic rings. The van der Waals surface area contributed by atoms with Gasteiger partial charge in [-0.2, -0.15) is 0 Å². The van der Waals surface area contributed by atoms with Gasteiger partial charge < -0.3 is 4.42 Å². The van der Waals surface area contributed by atoms with E-state index in [1.807, 2.05) is 12.1 Å². The molecule has 274 valence electrons.